The highest BCUT2D eigenvalue weighted by molar-refractivity contribution is 6.03. The molecule has 0 bridgehead atoms. The highest BCUT2D eigenvalue weighted by atomic mass is 16.1. The van der Waals surface area contributed by atoms with Crippen molar-refractivity contribution in [1.29, 1.82) is 0 Å². The second-order valence-electron chi connectivity index (χ2n) is 5.50. The number of carbonyl (C=O) groups excluding carboxylic acids is 1. The van der Waals surface area contributed by atoms with Crippen molar-refractivity contribution >= 4 is 11.6 Å². The molecule has 0 radical (unpaired) electrons. The highest BCUT2D eigenvalue weighted by Crippen LogP contribution is 2.15. The van der Waals surface area contributed by atoms with Crippen LogP contribution in [0.3, 0.4) is 0 Å². The Morgan fingerprint density at radius 3 is 2.33 bits per heavy atom. The molecule has 1 aromatic rings. The normalized spacial score (nSPS) is 11.4. The van der Waals surface area contributed by atoms with Crippen molar-refractivity contribution in [2.24, 2.45) is 0 Å². The Morgan fingerprint density at radius 2 is 1.67 bits per heavy atom. The van der Waals surface area contributed by atoms with Gasteiger partial charge in [0.05, 0.1) is 0 Å². The Kier molecular flexibility index (Phi) is 9.26. The van der Waals surface area contributed by atoms with Crippen molar-refractivity contribution in [3.63, 3.8) is 0 Å². The molecule has 0 saturated carbocycles. The molecule has 0 fully saturated rings. The number of nitrogens with one attached hydrogen (secondary N) is 1. The van der Waals surface area contributed by atoms with E-state index in [-0.39, 0.29) is 5.91 Å². The average molecular weight is 287 g/mol. The molecule has 21 heavy (non-hydrogen) atoms. The van der Waals surface area contributed by atoms with Gasteiger partial charge in [-0.2, -0.15) is 0 Å². The predicted octanol–water partition coefficient (Wildman–Crippen LogP) is 5.71. The van der Waals surface area contributed by atoms with Crippen LogP contribution in [0.1, 0.15) is 65.2 Å². The number of hydrogen-bond acceptors (Lipinski definition) is 1. The second kappa shape index (κ2) is 11.1. The summed E-state index contributed by atoms with van der Waals surface area (Å²) in [4.78, 5) is 12.4. The largest absolute Gasteiger partial charge is 0.322 e. The third kappa shape index (κ3) is 7.69. The van der Waals surface area contributed by atoms with E-state index in [1.54, 1.807) is 0 Å². The molecular formula is C19H29NO. The summed E-state index contributed by atoms with van der Waals surface area (Å²) in [5.41, 5.74) is 1.82. The minimum absolute atomic E-state index is 0.0637. The minimum atomic E-state index is 0.0637. The lowest BCUT2D eigenvalue weighted by atomic mass is 10.0. The molecule has 1 aromatic carbocycles. The maximum absolute atomic E-state index is 12.4. The maximum Gasteiger partial charge on any atom is 0.251 e. The Bertz CT molecular complexity index is 422. The van der Waals surface area contributed by atoms with Crippen LogP contribution in [0.2, 0.25) is 0 Å². The molecule has 0 aromatic heterocycles. The van der Waals surface area contributed by atoms with Crippen LogP contribution >= 0.6 is 0 Å². The molecule has 1 amide bonds. The first-order valence-corrected chi connectivity index (χ1v) is 8.33. The topological polar surface area (TPSA) is 29.1 Å². The van der Waals surface area contributed by atoms with E-state index in [2.05, 4.69) is 25.2 Å². The second-order valence-corrected chi connectivity index (χ2v) is 5.50. The van der Waals surface area contributed by atoms with Crippen molar-refractivity contribution < 1.29 is 4.79 Å². The Hall–Kier alpha value is -1.57. The van der Waals surface area contributed by atoms with Gasteiger partial charge < -0.3 is 5.32 Å². The lowest BCUT2D eigenvalue weighted by Crippen LogP contribution is -2.14. The summed E-state index contributed by atoms with van der Waals surface area (Å²) in [5.74, 6) is 0.0637. The zero-order valence-electron chi connectivity index (χ0n) is 13.5. The van der Waals surface area contributed by atoms with E-state index < -0.39 is 0 Å². The van der Waals surface area contributed by atoms with Gasteiger partial charge in [-0.3, -0.25) is 4.79 Å². The van der Waals surface area contributed by atoms with Gasteiger partial charge in [0.2, 0.25) is 0 Å². The third-order valence-electron chi connectivity index (χ3n) is 3.57. The van der Waals surface area contributed by atoms with E-state index in [1.807, 2.05) is 30.3 Å². The predicted molar refractivity (Wildman–Crippen MR) is 91.4 cm³/mol. The minimum Gasteiger partial charge on any atom is -0.322 e. The highest BCUT2D eigenvalue weighted by Gasteiger charge is 2.09. The summed E-state index contributed by atoms with van der Waals surface area (Å²) in [6.07, 6.45) is 11.1. The van der Waals surface area contributed by atoms with E-state index in [4.69, 9.17) is 0 Å². The SMILES string of the molecule is CCCCC/C=C(\CCCCC)C(=O)Nc1ccccc1. The number of anilines is 1. The molecule has 0 saturated heterocycles. The first kappa shape index (κ1) is 17.5. The zero-order chi connectivity index (χ0) is 15.3. The van der Waals surface area contributed by atoms with Gasteiger partial charge in [-0.05, 0) is 37.8 Å². The molecule has 2 nitrogen and oxygen atoms in total. The van der Waals surface area contributed by atoms with Crippen LogP contribution in [0.4, 0.5) is 5.69 Å². The van der Waals surface area contributed by atoms with Crippen LogP contribution in [0.5, 0.6) is 0 Å². The van der Waals surface area contributed by atoms with Crippen LogP contribution in [-0.2, 0) is 4.79 Å². The number of carbonyl (C=O) groups is 1. The third-order valence-corrected chi connectivity index (χ3v) is 3.57. The lowest BCUT2D eigenvalue weighted by Gasteiger charge is -2.09. The van der Waals surface area contributed by atoms with Crippen molar-refractivity contribution in [2.45, 2.75) is 65.2 Å². The van der Waals surface area contributed by atoms with E-state index in [0.29, 0.717) is 0 Å². The molecule has 0 spiro atoms. The summed E-state index contributed by atoms with van der Waals surface area (Å²) >= 11 is 0. The summed E-state index contributed by atoms with van der Waals surface area (Å²) in [6.45, 7) is 4.39. The van der Waals surface area contributed by atoms with Crippen LogP contribution < -0.4 is 5.32 Å². The van der Waals surface area contributed by atoms with Crippen molar-refractivity contribution in [3.8, 4) is 0 Å². The van der Waals surface area contributed by atoms with Gasteiger partial charge in [0, 0.05) is 11.3 Å². The summed E-state index contributed by atoms with van der Waals surface area (Å²) in [7, 11) is 0. The number of benzene rings is 1. The molecule has 0 aliphatic carbocycles. The van der Waals surface area contributed by atoms with Gasteiger partial charge >= 0.3 is 0 Å². The van der Waals surface area contributed by atoms with Gasteiger partial charge in [0.15, 0.2) is 0 Å². The molecular weight excluding hydrogens is 258 g/mol. The maximum atomic E-state index is 12.4. The van der Waals surface area contributed by atoms with Crippen LogP contribution in [0.25, 0.3) is 0 Å². The average Bonchev–Trinajstić information content (AvgIpc) is 2.50. The monoisotopic (exact) mass is 287 g/mol. The van der Waals surface area contributed by atoms with Gasteiger partial charge in [0.25, 0.3) is 5.91 Å². The number of para-hydroxylation sites is 1. The molecule has 2 heteroatoms. The first-order valence-electron chi connectivity index (χ1n) is 8.33. The first-order chi connectivity index (χ1) is 10.3. The summed E-state index contributed by atoms with van der Waals surface area (Å²) < 4.78 is 0. The molecule has 1 rings (SSSR count). The molecule has 116 valence electrons. The fraction of sp³-hybridized carbons (Fsp3) is 0.526. The molecule has 0 aliphatic rings. The Labute approximate surface area is 129 Å². The van der Waals surface area contributed by atoms with E-state index in [9.17, 15) is 4.79 Å². The molecule has 0 aliphatic heterocycles. The van der Waals surface area contributed by atoms with Gasteiger partial charge in [-0.1, -0.05) is 63.8 Å². The van der Waals surface area contributed by atoms with Crippen LogP contribution in [0.15, 0.2) is 42.0 Å². The molecule has 0 atom stereocenters. The van der Waals surface area contributed by atoms with E-state index in [1.165, 1.54) is 32.1 Å². The molecule has 1 N–H and O–H groups in total. The Morgan fingerprint density at radius 1 is 1.00 bits per heavy atom. The quantitative estimate of drug-likeness (QED) is 0.433. The standard InChI is InChI=1S/C19H29NO/c1-3-5-7-10-14-17(13-9-6-4-2)19(21)20-18-15-11-8-12-16-18/h8,11-12,14-16H,3-7,9-10,13H2,1-2H3,(H,20,21)/b17-14+. The van der Waals surface area contributed by atoms with Gasteiger partial charge in [-0.25, -0.2) is 0 Å². The summed E-state index contributed by atoms with van der Waals surface area (Å²) in [5, 5.41) is 3.00. The smallest absolute Gasteiger partial charge is 0.251 e. The Balaban J connectivity index is 2.58. The van der Waals surface area contributed by atoms with E-state index >= 15 is 0 Å². The van der Waals surface area contributed by atoms with Crippen molar-refractivity contribution in [2.75, 3.05) is 5.32 Å². The molecule has 0 heterocycles. The van der Waals surface area contributed by atoms with Gasteiger partial charge in [-0.15, -0.1) is 0 Å². The number of rotatable bonds is 10. The van der Waals surface area contributed by atoms with Crippen LogP contribution in [-0.4, -0.2) is 5.91 Å². The van der Waals surface area contributed by atoms with Gasteiger partial charge in [0.1, 0.15) is 0 Å². The van der Waals surface area contributed by atoms with Crippen molar-refractivity contribution in [3.05, 3.63) is 42.0 Å². The number of amides is 1. The number of unbranched alkanes of at least 4 members (excludes halogenated alkanes) is 5. The fourth-order valence-electron chi connectivity index (χ4n) is 2.28. The number of allylic oxidation sites excluding steroid dienone is 1. The van der Waals surface area contributed by atoms with Crippen LogP contribution in [0, 0.1) is 0 Å². The van der Waals surface area contributed by atoms with Crippen molar-refractivity contribution in [1.82, 2.24) is 0 Å². The lowest BCUT2D eigenvalue weighted by molar-refractivity contribution is -0.113. The fourth-order valence-corrected chi connectivity index (χ4v) is 2.28. The zero-order valence-corrected chi connectivity index (χ0v) is 13.5. The summed E-state index contributed by atoms with van der Waals surface area (Å²) in [6, 6.07) is 9.70. The molecule has 0 unspecified atom stereocenters. The van der Waals surface area contributed by atoms with E-state index in [0.717, 1.165) is 30.5 Å². The number of hydrogen-bond donors (Lipinski definition) is 1.